The number of carbonyl (C=O) groups excluding carboxylic acids is 1. The Labute approximate surface area is 125 Å². The lowest BCUT2D eigenvalue weighted by Gasteiger charge is -2.18. The molecule has 0 atom stereocenters. The summed E-state index contributed by atoms with van der Waals surface area (Å²) in [5.41, 5.74) is 6.52. The van der Waals surface area contributed by atoms with Gasteiger partial charge in [-0.25, -0.2) is 0 Å². The van der Waals surface area contributed by atoms with Gasteiger partial charge in [0, 0.05) is 20.0 Å². The number of hydrogen-bond acceptors (Lipinski definition) is 3. The van der Waals surface area contributed by atoms with Gasteiger partial charge in [-0.05, 0) is 17.5 Å². The molecule has 1 aromatic carbocycles. The minimum absolute atomic E-state index is 0.0254. The van der Waals surface area contributed by atoms with E-state index in [-0.39, 0.29) is 12.5 Å². The van der Waals surface area contributed by atoms with Crippen molar-refractivity contribution < 1.29 is 9.53 Å². The van der Waals surface area contributed by atoms with Gasteiger partial charge < -0.3 is 15.4 Å². The van der Waals surface area contributed by atoms with Gasteiger partial charge in [-0.2, -0.15) is 0 Å². The molecule has 1 rings (SSSR count). The first-order valence-corrected chi connectivity index (χ1v) is 7.06. The molecular weight excluding hydrogens is 272 g/mol. The minimum Gasteiger partial charge on any atom is -0.483 e. The van der Waals surface area contributed by atoms with Crippen molar-refractivity contribution in [2.75, 3.05) is 20.2 Å². The standard InChI is InChI=1S/C15H22N2O2S/c1-11(2)12-6-4-5-7-13(12)19-10-15(18)17(3)9-8-14(16)20/h4-7,11H,8-10H2,1-3H3,(H2,16,20). The Hall–Kier alpha value is -1.62. The fourth-order valence-electron chi connectivity index (χ4n) is 1.74. The fraction of sp³-hybridized carbons (Fsp3) is 0.467. The molecule has 20 heavy (non-hydrogen) atoms. The van der Waals surface area contributed by atoms with Gasteiger partial charge in [0.2, 0.25) is 0 Å². The predicted molar refractivity (Wildman–Crippen MR) is 85.1 cm³/mol. The van der Waals surface area contributed by atoms with Crippen LogP contribution in [0.1, 0.15) is 31.7 Å². The summed E-state index contributed by atoms with van der Waals surface area (Å²) < 4.78 is 5.63. The smallest absolute Gasteiger partial charge is 0.260 e. The molecular formula is C15H22N2O2S. The lowest BCUT2D eigenvalue weighted by atomic mass is 10.0. The van der Waals surface area contributed by atoms with E-state index in [9.17, 15) is 4.79 Å². The Morgan fingerprint density at radius 2 is 2.05 bits per heavy atom. The summed E-state index contributed by atoms with van der Waals surface area (Å²) in [7, 11) is 1.72. The Morgan fingerprint density at radius 1 is 1.40 bits per heavy atom. The molecule has 0 aliphatic heterocycles. The van der Waals surface area contributed by atoms with E-state index in [0.29, 0.717) is 23.9 Å². The summed E-state index contributed by atoms with van der Waals surface area (Å²) in [5.74, 6) is 1.03. The molecule has 110 valence electrons. The zero-order valence-corrected chi connectivity index (χ0v) is 13.1. The minimum atomic E-state index is -0.0835. The van der Waals surface area contributed by atoms with Crippen molar-refractivity contribution in [2.24, 2.45) is 5.73 Å². The third-order valence-corrected chi connectivity index (χ3v) is 3.22. The molecule has 5 heteroatoms. The molecule has 0 saturated carbocycles. The zero-order valence-electron chi connectivity index (χ0n) is 12.3. The van der Waals surface area contributed by atoms with E-state index in [2.05, 4.69) is 13.8 Å². The first kappa shape index (κ1) is 16.4. The van der Waals surface area contributed by atoms with Gasteiger partial charge in [-0.1, -0.05) is 44.3 Å². The van der Waals surface area contributed by atoms with Gasteiger partial charge in [-0.3, -0.25) is 4.79 Å². The van der Waals surface area contributed by atoms with Crippen LogP contribution in [0, 0.1) is 0 Å². The molecule has 0 aliphatic rings. The van der Waals surface area contributed by atoms with Crippen molar-refractivity contribution in [2.45, 2.75) is 26.2 Å². The summed E-state index contributed by atoms with van der Waals surface area (Å²) in [4.78, 5) is 13.9. The van der Waals surface area contributed by atoms with Gasteiger partial charge in [0.15, 0.2) is 6.61 Å². The molecule has 0 heterocycles. The molecule has 0 radical (unpaired) electrons. The molecule has 2 N–H and O–H groups in total. The third kappa shape index (κ3) is 5.17. The summed E-state index contributed by atoms with van der Waals surface area (Å²) in [6.45, 7) is 4.73. The van der Waals surface area contributed by atoms with Crippen molar-refractivity contribution in [3.63, 3.8) is 0 Å². The first-order valence-electron chi connectivity index (χ1n) is 6.65. The van der Waals surface area contributed by atoms with Crippen LogP contribution in [0.15, 0.2) is 24.3 Å². The maximum atomic E-state index is 11.9. The lowest BCUT2D eigenvalue weighted by Crippen LogP contribution is -2.33. The number of hydrogen-bond donors (Lipinski definition) is 1. The second-order valence-corrected chi connectivity index (χ2v) is 5.54. The van der Waals surface area contributed by atoms with E-state index in [4.69, 9.17) is 22.7 Å². The Bertz CT molecular complexity index is 475. The number of amides is 1. The van der Waals surface area contributed by atoms with Gasteiger partial charge in [-0.15, -0.1) is 0 Å². The zero-order chi connectivity index (χ0) is 15.1. The average molecular weight is 294 g/mol. The van der Waals surface area contributed by atoms with Crippen LogP contribution in [0.25, 0.3) is 0 Å². The van der Waals surface area contributed by atoms with Crippen LogP contribution in [0.3, 0.4) is 0 Å². The molecule has 0 saturated heterocycles. The molecule has 0 unspecified atom stereocenters. The highest BCUT2D eigenvalue weighted by molar-refractivity contribution is 7.80. The van der Waals surface area contributed by atoms with E-state index in [0.717, 1.165) is 11.3 Å². The number of rotatable bonds is 7. The van der Waals surface area contributed by atoms with E-state index in [1.165, 1.54) is 0 Å². The number of nitrogens with two attached hydrogens (primary N) is 1. The normalized spacial score (nSPS) is 10.4. The maximum absolute atomic E-state index is 11.9. The number of benzene rings is 1. The fourth-order valence-corrected chi connectivity index (χ4v) is 1.83. The largest absolute Gasteiger partial charge is 0.483 e. The highest BCUT2D eigenvalue weighted by atomic mass is 32.1. The quantitative estimate of drug-likeness (QED) is 0.784. The maximum Gasteiger partial charge on any atom is 0.260 e. The van der Waals surface area contributed by atoms with Crippen LogP contribution in [0.2, 0.25) is 0 Å². The summed E-state index contributed by atoms with van der Waals surface area (Å²) in [6.07, 6.45) is 0.528. The predicted octanol–water partition coefficient (Wildman–Crippen LogP) is 2.32. The first-order chi connectivity index (χ1) is 9.41. The highest BCUT2D eigenvalue weighted by Crippen LogP contribution is 2.25. The molecule has 1 amide bonds. The Balaban J connectivity index is 2.54. The summed E-state index contributed by atoms with van der Waals surface area (Å²) >= 11 is 4.80. The molecule has 0 bridgehead atoms. The van der Waals surface area contributed by atoms with Gasteiger partial charge >= 0.3 is 0 Å². The van der Waals surface area contributed by atoms with Gasteiger partial charge in [0.25, 0.3) is 5.91 Å². The highest BCUT2D eigenvalue weighted by Gasteiger charge is 2.12. The van der Waals surface area contributed by atoms with Crippen molar-refractivity contribution in [3.8, 4) is 5.75 Å². The van der Waals surface area contributed by atoms with E-state index < -0.39 is 0 Å². The van der Waals surface area contributed by atoms with E-state index in [1.54, 1.807) is 11.9 Å². The van der Waals surface area contributed by atoms with Crippen LogP contribution in [-0.2, 0) is 4.79 Å². The van der Waals surface area contributed by atoms with Crippen molar-refractivity contribution in [1.82, 2.24) is 4.90 Å². The van der Waals surface area contributed by atoms with Crippen molar-refractivity contribution in [1.29, 1.82) is 0 Å². The lowest BCUT2D eigenvalue weighted by molar-refractivity contribution is -0.131. The molecule has 0 fully saturated rings. The van der Waals surface area contributed by atoms with Gasteiger partial charge in [0.05, 0.1) is 4.99 Å². The monoisotopic (exact) mass is 294 g/mol. The van der Waals surface area contributed by atoms with Crippen molar-refractivity contribution in [3.05, 3.63) is 29.8 Å². The van der Waals surface area contributed by atoms with E-state index >= 15 is 0 Å². The van der Waals surface area contributed by atoms with Crippen LogP contribution in [0.4, 0.5) is 0 Å². The topological polar surface area (TPSA) is 55.6 Å². The summed E-state index contributed by atoms with van der Waals surface area (Å²) in [6, 6.07) is 7.78. The molecule has 4 nitrogen and oxygen atoms in total. The Kier molecular flexibility index (Phi) is 6.45. The number of carbonyl (C=O) groups is 1. The average Bonchev–Trinajstić information content (AvgIpc) is 2.42. The van der Waals surface area contributed by atoms with Crippen molar-refractivity contribution >= 4 is 23.1 Å². The number of thiocarbonyl (C=S) groups is 1. The number of likely N-dealkylation sites (N-methyl/N-ethyl adjacent to an activating group) is 1. The van der Waals surface area contributed by atoms with Gasteiger partial charge in [0.1, 0.15) is 5.75 Å². The molecule has 0 aliphatic carbocycles. The van der Waals surface area contributed by atoms with Crippen LogP contribution < -0.4 is 10.5 Å². The number of para-hydroxylation sites is 1. The Morgan fingerprint density at radius 3 is 2.65 bits per heavy atom. The second-order valence-electron chi connectivity index (χ2n) is 5.01. The second kappa shape index (κ2) is 7.85. The third-order valence-electron chi connectivity index (χ3n) is 3.01. The van der Waals surface area contributed by atoms with Crippen LogP contribution >= 0.6 is 12.2 Å². The number of ether oxygens (including phenoxy) is 1. The van der Waals surface area contributed by atoms with Crippen LogP contribution in [-0.4, -0.2) is 36.0 Å². The SMILES string of the molecule is CC(C)c1ccccc1OCC(=O)N(C)CCC(N)=S. The molecule has 0 spiro atoms. The summed E-state index contributed by atoms with van der Waals surface area (Å²) in [5, 5.41) is 0. The number of nitrogens with zero attached hydrogens (tertiary/aromatic N) is 1. The molecule has 0 aromatic heterocycles. The van der Waals surface area contributed by atoms with Crippen LogP contribution in [0.5, 0.6) is 5.75 Å². The van der Waals surface area contributed by atoms with E-state index in [1.807, 2.05) is 24.3 Å². The molecule has 1 aromatic rings.